The molecule has 124 valence electrons. The number of sulfonamides is 1. The van der Waals surface area contributed by atoms with E-state index in [-0.39, 0.29) is 17.1 Å². The van der Waals surface area contributed by atoms with Gasteiger partial charge < -0.3 is 4.74 Å². The van der Waals surface area contributed by atoms with Crippen LogP contribution in [0.3, 0.4) is 0 Å². The SMILES string of the molecule is COc1cc(Cl)ccc1C(=O)NS(=O)(=O)Cc1ccc(C#N)cc1. The Morgan fingerprint density at radius 1 is 1.25 bits per heavy atom. The van der Waals surface area contributed by atoms with Gasteiger partial charge in [0.15, 0.2) is 0 Å². The monoisotopic (exact) mass is 364 g/mol. The van der Waals surface area contributed by atoms with E-state index in [0.29, 0.717) is 16.1 Å². The van der Waals surface area contributed by atoms with Crippen molar-refractivity contribution in [2.75, 3.05) is 7.11 Å². The van der Waals surface area contributed by atoms with Crippen LogP contribution < -0.4 is 9.46 Å². The van der Waals surface area contributed by atoms with Crippen LogP contribution in [0, 0.1) is 11.3 Å². The van der Waals surface area contributed by atoms with Gasteiger partial charge >= 0.3 is 0 Å². The lowest BCUT2D eigenvalue weighted by Crippen LogP contribution is -2.31. The molecule has 0 heterocycles. The second-order valence-electron chi connectivity index (χ2n) is 4.84. The van der Waals surface area contributed by atoms with Gasteiger partial charge in [-0.1, -0.05) is 23.7 Å². The molecule has 0 aliphatic heterocycles. The van der Waals surface area contributed by atoms with Crippen molar-refractivity contribution in [1.82, 2.24) is 4.72 Å². The predicted molar refractivity (Wildman–Crippen MR) is 89.3 cm³/mol. The van der Waals surface area contributed by atoms with Crippen LogP contribution in [0.2, 0.25) is 5.02 Å². The van der Waals surface area contributed by atoms with Crippen LogP contribution in [0.4, 0.5) is 0 Å². The number of carbonyl (C=O) groups excluding carboxylic acids is 1. The summed E-state index contributed by atoms with van der Waals surface area (Å²) >= 11 is 5.81. The van der Waals surface area contributed by atoms with Crippen LogP contribution in [0.15, 0.2) is 42.5 Å². The van der Waals surface area contributed by atoms with E-state index in [4.69, 9.17) is 21.6 Å². The lowest BCUT2D eigenvalue weighted by Gasteiger charge is -2.10. The minimum Gasteiger partial charge on any atom is -0.496 e. The van der Waals surface area contributed by atoms with Crippen LogP contribution in [-0.2, 0) is 15.8 Å². The highest BCUT2D eigenvalue weighted by Gasteiger charge is 2.20. The molecule has 1 amide bonds. The zero-order valence-electron chi connectivity index (χ0n) is 12.6. The van der Waals surface area contributed by atoms with Gasteiger partial charge in [-0.15, -0.1) is 0 Å². The van der Waals surface area contributed by atoms with Crippen molar-refractivity contribution in [1.29, 1.82) is 5.26 Å². The number of nitrogens with zero attached hydrogens (tertiary/aromatic N) is 1. The summed E-state index contributed by atoms with van der Waals surface area (Å²) in [5, 5.41) is 9.09. The number of nitriles is 1. The summed E-state index contributed by atoms with van der Waals surface area (Å²) in [5.41, 5.74) is 0.939. The van der Waals surface area contributed by atoms with E-state index >= 15 is 0 Å². The third kappa shape index (κ3) is 4.47. The number of halogens is 1. The molecule has 0 bridgehead atoms. The van der Waals surface area contributed by atoms with Crippen molar-refractivity contribution in [3.63, 3.8) is 0 Å². The highest BCUT2D eigenvalue weighted by Crippen LogP contribution is 2.23. The molecule has 8 heteroatoms. The maximum absolute atomic E-state index is 12.2. The molecule has 0 saturated heterocycles. The van der Waals surface area contributed by atoms with E-state index in [9.17, 15) is 13.2 Å². The predicted octanol–water partition coefficient (Wildman–Crippen LogP) is 2.48. The Labute approximate surface area is 144 Å². The summed E-state index contributed by atoms with van der Waals surface area (Å²) in [4.78, 5) is 12.2. The zero-order chi connectivity index (χ0) is 17.7. The van der Waals surface area contributed by atoms with E-state index in [1.165, 1.54) is 49.6 Å². The fourth-order valence-electron chi connectivity index (χ4n) is 1.98. The molecule has 0 spiro atoms. The largest absolute Gasteiger partial charge is 0.496 e. The molecule has 0 fully saturated rings. The Morgan fingerprint density at radius 2 is 1.92 bits per heavy atom. The van der Waals surface area contributed by atoms with Gasteiger partial charge in [-0.05, 0) is 35.9 Å². The van der Waals surface area contributed by atoms with Gasteiger partial charge in [0.05, 0.1) is 30.1 Å². The van der Waals surface area contributed by atoms with Crippen LogP contribution in [0.25, 0.3) is 0 Å². The molecule has 0 atom stereocenters. The Morgan fingerprint density at radius 3 is 2.50 bits per heavy atom. The first-order valence-electron chi connectivity index (χ1n) is 6.72. The molecule has 2 aromatic carbocycles. The average molecular weight is 365 g/mol. The summed E-state index contributed by atoms with van der Waals surface area (Å²) < 4.78 is 31.3. The molecule has 6 nitrogen and oxygen atoms in total. The number of nitrogens with one attached hydrogen (secondary N) is 1. The smallest absolute Gasteiger partial charge is 0.268 e. The second kappa shape index (κ2) is 7.34. The number of hydrogen-bond acceptors (Lipinski definition) is 5. The third-order valence-corrected chi connectivity index (χ3v) is 4.54. The van der Waals surface area contributed by atoms with Gasteiger partial charge in [0.2, 0.25) is 10.0 Å². The standard InChI is InChI=1S/C16H13ClN2O4S/c1-23-15-8-13(17)6-7-14(15)16(20)19-24(21,22)10-12-4-2-11(9-18)3-5-12/h2-8H,10H2,1H3,(H,19,20). The zero-order valence-corrected chi connectivity index (χ0v) is 14.2. The van der Waals surface area contributed by atoms with Crippen molar-refractivity contribution in [2.24, 2.45) is 0 Å². The Balaban J connectivity index is 2.16. The van der Waals surface area contributed by atoms with Crippen LogP contribution in [0.1, 0.15) is 21.5 Å². The number of ether oxygens (including phenoxy) is 1. The fourth-order valence-corrected chi connectivity index (χ4v) is 3.24. The number of hydrogen-bond donors (Lipinski definition) is 1. The summed E-state index contributed by atoms with van der Waals surface area (Å²) in [6.45, 7) is 0. The Kier molecular flexibility index (Phi) is 5.44. The first-order valence-corrected chi connectivity index (χ1v) is 8.75. The number of carbonyl (C=O) groups is 1. The minimum absolute atomic E-state index is 0.0605. The first kappa shape index (κ1) is 17.8. The molecule has 0 radical (unpaired) electrons. The average Bonchev–Trinajstić information content (AvgIpc) is 2.54. The molecule has 24 heavy (non-hydrogen) atoms. The molecular formula is C16H13ClN2O4S. The quantitative estimate of drug-likeness (QED) is 0.879. The first-order chi connectivity index (χ1) is 11.3. The number of rotatable bonds is 5. The minimum atomic E-state index is -3.91. The van der Waals surface area contributed by atoms with Crippen molar-refractivity contribution in [3.8, 4) is 11.8 Å². The summed E-state index contributed by atoms with van der Waals surface area (Å²) in [5.74, 6) is -1.02. The normalized spacial score (nSPS) is 10.7. The van der Waals surface area contributed by atoms with Gasteiger partial charge in [0.1, 0.15) is 5.75 Å². The summed E-state index contributed by atoms with van der Waals surface area (Å²) in [7, 11) is -2.55. The van der Waals surface area contributed by atoms with Gasteiger partial charge in [0, 0.05) is 5.02 Å². The molecule has 0 unspecified atom stereocenters. The summed E-state index contributed by atoms with van der Waals surface area (Å²) in [6, 6.07) is 12.3. The van der Waals surface area contributed by atoms with Crippen LogP contribution in [-0.4, -0.2) is 21.4 Å². The highest BCUT2D eigenvalue weighted by molar-refractivity contribution is 7.89. The lowest BCUT2D eigenvalue weighted by molar-refractivity contribution is 0.0978. The molecule has 1 N–H and O–H groups in total. The fraction of sp³-hybridized carbons (Fsp3) is 0.125. The Bertz CT molecular complexity index is 903. The number of methoxy groups -OCH3 is 1. The van der Waals surface area contributed by atoms with Gasteiger partial charge in [-0.25, -0.2) is 13.1 Å². The molecule has 0 saturated carbocycles. The van der Waals surface area contributed by atoms with Crippen LogP contribution in [0.5, 0.6) is 5.75 Å². The van der Waals surface area contributed by atoms with E-state index in [1.54, 1.807) is 0 Å². The molecule has 0 aliphatic carbocycles. The number of benzene rings is 2. The van der Waals surface area contributed by atoms with Crippen molar-refractivity contribution in [3.05, 3.63) is 64.2 Å². The highest BCUT2D eigenvalue weighted by atomic mass is 35.5. The maximum Gasteiger partial charge on any atom is 0.268 e. The third-order valence-electron chi connectivity index (χ3n) is 3.10. The van der Waals surface area contributed by atoms with E-state index in [0.717, 1.165) is 0 Å². The lowest BCUT2D eigenvalue weighted by atomic mass is 10.2. The van der Waals surface area contributed by atoms with Gasteiger partial charge in [0.25, 0.3) is 5.91 Å². The molecule has 2 rings (SSSR count). The topological polar surface area (TPSA) is 96.3 Å². The molecule has 0 aliphatic rings. The molecular weight excluding hydrogens is 352 g/mol. The van der Waals surface area contributed by atoms with Crippen LogP contribution >= 0.6 is 11.6 Å². The van der Waals surface area contributed by atoms with Gasteiger partial charge in [-0.3, -0.25) is 4.79 Å². The Hall–Kier alpha value is -2.56. The molecule has 0 aromatic heterocycles. The maximum atomic E-state index is 12.2. The van der Waals surface area contributed by atoms with Crippen molar-refractivity contribution in [2.45, 2.75) is 5.75 Å². The van der Waals surface area contributed by atoms with E-state index < -0.39 is 15.9 Å². The van der Waals surface area contributed by atoms with Crippen molar-refractivity contribution >= 4 is 27.5 Å². The van der Waals surface area contributed by atoms with E-state index in [1.807, 2.05) is 10.8 Å². The van der Waals surface area contributed by atoms with Crippen molar-refractivity contribution < 1.29 is 17.9 Å². The second-order valence-corrected chi connectivity index (χ2v) is 7.00. The van der Waals surface area contributed by atoms with E-state index in [2.05, 4.69) is 0 Å². The summed E-state index contributed by atoms with van der Waals surface area (Å²) in [6.07, 6.45) is 0. The number of amides is 1. The molecule has 2 aromatic rings. The van der Waals surface area contributed by atoms with Gasteiger partial charge in [-0.2, -0.15) is 5.26 Å².